The molecule has 182 valence electrons. The molecular formula is C24H36N4O5. The Labute approximate surface area is 195 Å². The van der Waals surface area contributed by atoms with Crippen molar-refractivity contribution in [1.29, 1.82) is 0 Å². The molecule has 4 amide bonds. The van der Waals surface area contributed by atoms with E-state index in [1.54, 1.807) is 42.0 Å². The van der Waals surface area contributed by atoms with Gasteiger partial charge in [0, 0.05) is 37.2 Å². The first-order valence-electron chi connectivity index (χ1n) is 11.7. The second-order valence-corrected chi connectivity index (χ2v) is 9.58. The molecule has 0 bridgehead atoms. The molecule has 33 heavy (non-hydrogen) atoms. The number of urea groups is 1. The average Bonchev–Trinajstić information content (AvgIpc) is 3.61. The lowest BCUT2D eigenvalue weighted by Gasteiger charge is -2.38. The molecule has 1 aliphatic heterocycles. The predicted octanol–water partition coefficient (Wildman–Crippen LogP) is 2.30. The molecule has 1 saturated carbocycles. The molecule has 3 atom stereocenters. The molecular weight excluding hydrogens is 424 g/mol. The zero-order valence-corrected chi connectivity index (χ0v) is 20.1. The summed E-state index contributed by atoms with van der Waals surface area (Å²) in [7, 11) is 1.71. The van der Waals surface area contributed by atoms with E-state index < -0.39 is 6.04 Å². The van der Waals surface area contributed by atoms with Crippen LogP contribution in [0.2, 0.25) is 0 Å². The van der Waals surface area contributed by atoms with Crippen LogP contribution >= 0.6 is 0 Å². The second-order valence-electron chi connectivity index (χ2n) is 9.58. The van der Waals surface area contributed by atoms with Gasteiger partial charge in [-0.25, -0.2) is 4.79 Å². The third-order valence-corrected chi connectivity index (χ3v) is 6.09. The number of carbonyl (C=O) groups excluding carboxylic acids is 3. The van der Waals surface area contributed by atoms with Gasteiger partial charge in [-0.2, -0.15) is 0 Å². The van der Waals surface area contributed by atoms with Gasteiger partial charge in [-0.1, -0.05) is 6.92 Å². The van der Waals surface area contributed by atoms with E-state index in [0.29, 0.717) is 30.1 Å². The van der Waals surface area contributed by atoms with Crippen molar-refractivity contribution in [3.63, 3.8) is 0 Å². The van der Waals surface area contributed by atoms with Crippen LogP contribution in [0.1, 0.15) is 50.9 Å². The number of rotatable bonds is 7. The lowest BCUT2D eigenvalue weighted by molar-refractivity contribution is -0.117. The van der Waals surface area contributed by atoms with Gasteiger partial charge in [0.15, 0.2) is 0 Å². The van der Waals surface area contributed by atoms with E-state index in [2.05, 4.69) is 10.6 Å². The molecule has 0 radical (unpaired) electrons. The van der Waals surface area contributed by atoms with Crippen LogP contribution in [0.5, 0.6) is 5.75 Å². The molecule has 0 spiro atoms. The van der Waals surface area contributed by atoms with Gasteiger partial charge in [0.05, 0.1) is 24.8 Å². The third kappa shape index (κ3) is 6.16. The van der Waals surface area contributed by atoms with Crippen LogP contribution in [0.15, 0.2) is 18.2 Å². The number of benzene rings is 1. The first-order valence-corrected chi connectivity index (χ1v) is 11.7. The van der Waals surface area contributed by atoms with E-state index in [0.717, 1.165) is 12.8 Å². The van der Waals surface area contributed by atoms with Gasteiger partial charge in [-0.3, -0.25) is 9.59 Å². The van der Waals surface area contributed by atoms with Crippen LogP contribution in [-0.2, 0) is 4.79 Å². The number of aliphatic hydroxyl groups is 1. The largest absolute Gasteiger partial charge is 0.487 e. The highest BCUT2D eigenvalue weighted by Gasteiger charge is 2.35. The molecule has 9 nitrogen and oxygen atoms in total. The minimum atomic E-state index is -0.391. The highest BCUT2D eigenvalue weighted by molar-refractivity contribution is 6.00. The monoisotopic (exact) mass is 460 g/mol. The van der Waals surface area contributed by atoms with E-state index in [4.69, 9.17) is 4.74 Å². The highest BCUT2D eigenvalue weighted by atomic mass is 16.5. The Kier molecular flexibility index (Phi) is 7.84. The molecule has 2 aliphatic rings. The number of nitrogens with one attached hydrogen (secondary N) is 2. The highest BCUT2D eigenvalue weighted by Crippen LogP contribution is 2.33. The number of amides is 4. The van der Waals surface area contributed by atoms with Crippen molar-refractivity contribution in [2.24, 2.45) is 11.8 Å². The lowest BCUT2D eigenvalue weighted by Crippen LogP contribution is -2.51. The number of fused-ring (bicyclic) bond motifs is 1. The summed E-state index contributed by atoms with van der Waals surface area (Å²) < 4.78 is 6.28. The van der Waals surface area contributed by atoms with Crippen molar-refractivity contribution in [1.82, 2.24) is 15.1 Å². The fourth-order valence-electron chi connectivity index (χ4n) is 3.82. The molecule has 1 aliphatic carbocycles. The van der Waals surface area contributed by atoms with Gasteiger partial charge in [-0.05, 0) is 51.8 Å². The van der Waals surface area contributed by atoms with Crippen molar-refractivity contribution < 1.29 is 24.2 Å². The van der Waals surface area contributed by atoms with Gasteiger partial charge in [0.2, 0.25) is 5.91 Å². The van der Waals surface area contributed by atoms with Crippen molar-refractivity contribution in [2.45, 2.75) is 58.7 Å². The molecule has 9 heteroatoms. The Bertz CT molecular complexity index is 886. The predicted molar refractivity (Wildman–Crippen MR) is 125 cm³/mol. The normalized spacial score (nSPS) is 21.4. The molecule has 0 saturated heterocycles. The molecule has 1 fully saturated rings. The maximum atomic E-state index is 13.4. The Morgan fingerprint density at radius 2 is 1.97 bits per heavy atom. The third-order valence-electron chi connectivity index (χ3n) is 6.09. The molecule has 1 aromatic rings. The second kappa shape index (κ2) is 10.4. The van der Waals surface area contributed by atoms with Crippen LogP contribution in [0.4, 0.5) is 10.5 Å². The summed E-state index contributed by atoms with van der Waals surface area (Å²) in [4.78, 5) is 41.3. The maximum Gasteiger partial charge on any atom is 0.317 e. The number of hydrogen-bond donors (Lipinski definition) is 3. The van der Waals surface area contributed by atoms with E-state index in [9.17, 15) is 19.5 Å². The molecule has 3 rings (SSSR count). The van der Waals surface area contributed by atoms with Crippen molar-refractivity contribution in [2.75, 3.05) is 32.1 Å². The maximum absolute atomic E-state index is 13.4. The molecule has 1 aromatic carbocycles. The van der Waals surface area contributed by atoms with Crippen LogP contribution in [0.25, 0.3) is 0 Å². The summed E-state index contributed by atoms with van der Waals surface area (Å²) in [5, 5.41) is 15.5. The van der Waals surface area contributed by atoms with E-state index >= 15 is 0 Å². The quantitative estimate of drug-likeness (QED) is 0.578. The Morgan fingerprint density at radius 3 is 2.58 bits per heavy atom. The fourth-order valence-corrected chi connectivity index (χ4v) is 3.82. The van der Waals surface area contributed by atoms with Crippen molar-refractivity contribution >= 4 is 23.5 Å². The molecule has 3 N–H and O–H groups in total. The summed E-state index contributed by atoms with van der Waals surface area (Å²) in [6, 6.07) is 4.48. The number of hydrogen-bond acceptors (Lipinski definition) is 5. The summed E-state index contributed by atoms with van der Waals surface area (Å²) in [5.74, 6) is 0.0420. The van der Waals surface area contributed by atoms with Crippen LogP contribution < -0.4 is 15.4 Å². The van der Waals surface area contributed by atoms with Crippen LogP contribution in [0, 0.1) is 11.8 Å². The Morgan fingerprint density at radius 1 is 1.27 bits per heavy atom. The minimum absolute atomic E-state index is 0.0131. The fraction of sp³-hybridized carbons (Fsp3) is 0.625. The summed E-state index contributed by atoms with van der Waals surface area (Å²) in [6.07, 6.45) is 1.40. The molecule has 0 unspecified atom stereocenters. The molecule has 1 heterocycles. The zero-order valence-electron chi connectivity index (χ0n) is 20.1. The number of carbonyl (C=O) groups is 3. The SMILES string of the molecule is CC(C)NC(=O)N(C)C[C@@H]1Oc2ccc(NC(=O)C3CC3)cc2C(=O)N([C@@H](C)CO)C[C@H]1C. The Hall–Kier alpha value is -2.81. The van der Waals surface area contributed by atoms with E-state index in [1.165, 1.54) is 0 Å². The average molecular weight is 461 g/mol. The van der Waals surface area contributed by atoms with Gasteiger partial charge in [0.1, 0.15) is 11.9 Å². The Balaban J connectivity index is 1.89. The van der Waals surface area contributed by atoms with Gasteiger partial charge >= 0.3 is 6.03 Å². The number of anilines is 1. The zero-order chi connectivity index (χ0) is 24.3. The van der Waals surface area contributed by atoms with E-state index in [1.807, 2.05) is 20.8 Å². The number of likely N-dealkylation sites (N-methyl/N-ethyl adjacent to an activating group) is 1. The van der Waals surface area contributed by atoms with Gasteiger partial charge < -0.3 is 30.3 Å². The van der Waals surface area contributed by atoms with Crippen molar-refractivity contribution in [3.8, 4) is 5.75 Å². The smallest absolute Gasteiger partial charge is 0.317 e. The summed E-state index contributed by atoms with van der Waals surface area (Å²) in [5.41, 5.74) is 0.868. The van der Waals surface area contributed by atoms with Crippen LogP contribution in [-0.4, -0.2) is 77.7 Å². The van der Waals surface area contributed by atoms with Crippen LogP contribution in [0.3, 0.4) is 0 Å². The van der Waals surface area contributed by atoms with Gasteiger partial charge in [-0.15, -0.1) is 0 Å². The molecule has 0 aromatic heterocycles. The lowest BCUT2D eigenvalue weighted by atomic mass is 9.99. The summed E-state index contributed by atoms with van der Waals surface area (Å²) >= 11 is 0. The van der Waals surface area contributed by atoms with Gasteiger partial charge in [0.25, 0.3) is 5.91 Å². The number of aliphatic hydroxyl groups excluding tert-OH is 1. The van der Waals surface area contributed by atoms with E-state index in [-0.39, 0.29) is 48.4 Å². The number of nitrogens with zero attached hydrogens (tertiary/aromatic N) is 2. The van der Waals surface area contributed by atoms with Crippen molar-refractivity contribution in [3.05, 3.63) is 23.8 Å². The number of ether oxygens (including phenoxy) is 1. The minimum Gasteiger partial charge on any atom is -0.487 e. The first-order chi connectivity index (χ1) is 15.6. The summed E-state index contributed by atoms with van der Waals surface area (Å²) in [6.45, 7) is 8.08. The standard InChI is InChI=1S/C24H36N4O5/c1-14(2)25-24(32)27(5)12-21-15(3)11-28(16(4)13-29)23(31)19-10-18(8-9-20(19)33-21)26-22(30)17-6-7-17/h8-10,14-17,21,29H,6-7,11-13H2,1-5H3,(H,25,32)(H,26,30)/t15-,16+,21+/m1/s1. The topological polar surface area (TPSA) is 111 Å². The first kappa shape index (κ1) is 24.8.